The summed E-state index contributed by atoms with van der Waals surface area (Å²) < 4.78 is 5.27. The molecule has 1 aromatic carbocycles. The van der Waals surface area contributed by atoms with Gasteiger partial charge in [-0.15, -0.1) is 0 Å². The van der Waals surface area contributed by atoms with Crippen molar-refractivity contribution in [1.82, 2.24) is 5.32 Å². The summed E-state index contributed by atoms with van der Waals surface area (Å²) >= 11 is 0. The molecule has 0 bridgehead atoms. The van der Waals surface area contributed by atoms with Crippen LogP contribution >= 0.6 is 0 Å². The molecule has 0 atom stereocenters. The molecule has 0 saturated heterocycles. The zero-order chi connectivity index (χ0) is 15.7. The molecule has 5 nitrogen and oxygen atoms in total. The van der Waals surface area contributed by atoms with Crippen LogP contribution in [0.2, 0.25) is 0 Å². The Kier molecular flexibility index (Phi) is 7.61. The van der Waals surface area contributed by atoms with Crippen molar-refractivity contribution in [3.63, 3.8) is 0 Å². The highest BCUT2D eigenvalue weighted by Crippen LogP contribution is 2.17. The van der Waals surface area contributed by atoms with Gasteiger partial charge in [0.25, 0.3) is 0 Å². The molecule has 3 N–H and O–H groups in total. The predicted molar refractivity (Wildman–Crippen MR) is 89.9 cm³/mol. The second-order valence-electron chi connectivity index (χ2n) is 5.18. The summed E-state index contributed by atoms with van der Waals surface area (Å²) in [7, 11) is 4.08. The van der Waals surface area contributed by atoms with Crippen molar-refractivity contribution in [3.8, 4) is 0 Å². The number of hydrogen-bond acceptors (Lipinski definition) is 3. The van der Waals surface area contributed by atoms with Gasteiger partial charge in [-0.3, -0.25) is 0 Å². The Labute approximate surface area is 128 Å². The molecule has 0 heterocycles. The number of guanidine groups is 1. The Hall–Kier alpha value is -1.75. The molecule has 0 fully saturated rings. The lowest BCUT2D eigenvalue weighted by Gasteiger charge is -2.14. The molecule has 1 rings (SSSR count). The van der Waals surface area contributed by atoms with Crippen molar-refractivity contribution >= 4 is 11.6 Å². The smallest absolute Gasteiger partial charge is 0.188 e. The number of nitrogens with two attached hydrogens (primary N) is 1. The summed E-state index contributed by atoms with van der Waals surface area (Å²) in [5.74, 6) is 0.489. The van der Waals surface area contributed by atoms with Crippen molar-refractivity contribution in [2.24, 2.45) is 10.7 Å². The lowest BCUT2D eigenvalue weighted by Crippen LogP contribution is -2.32. The number of benzene rings is 1. The highest BCUT2D eigenvalue weighted by molar-refractivity contribution is 5.77. The highest BCUT2D eigenvalue weighted by Gasteiger charge is 2.01. The minimum atomic E-state index is 0.489. The number of rotatable bonds is 8. The number of hydrogen-bond donors (Lipinski definition) is 2. The summed E-state index contributed by atoms with van der Waals surface area (Å²) in [5.41, 5.74) is 9.48. The monoisotopic (exact) mass is 292 g/mol. The van der Waals surface area contributed by atoms with E-state index in [-0.39, 0.29) is 0 Å². The fraction of sp³-hybridized carbons (Fsp3) is 0.562. The molecule has 0 aliphatic heterocycles. The molecular formula is C16H28N4O. The topological polar surface area (TPSA) is 62.9 Å². The van der Waals surface area contributed by atoms with Crippen LogP contribution in [0.3, 0.4) is 0 Å². The van der Waals surface area contributed by atoms with Crippen molar-refractivity contribution in [3.05, 3.63) is 29.3 Å². The van der Waals surface area contributed by atoms with Crippen LogP contribution in [0.5, 0.6) is 0 Å². The van der Waals surface area contributed by atoms with Crippen LogP contribution in [0.25, 0.3) is 0 Å². The van der Waals surface area contributed by atoms with Gasteiger partial charge < -0.3 is 20.7 Å². The first-order chi connectivity index (χ1) is 10.0. The van der Waals surface area contributed by atoms with E-state index in [0.717, 1.165) is 26.2 Å². The molecule has 0 aliphatic rings. The van der Waals surface area contributed by atoms with Gasteiger partial charge in [-0.2, -0.15) is 0 Å². The van der Waals surface area contributed by atoms with Gasteiger partial charge in [0.05, 0.1) is 6.54 Å². The first-order valence-electron chi connectivity index (χ1n) is 7.43. The van der Waals surface area contributed by atoms with Crippen LogP contribution in [0.1, 0.15) is 24.5 Å². The summed E-state index contributed by atoms with van der Waals surface area (Å²) in [6.07, 6.45) is 0.931. The van der Waals surface area contributed by atoms with Gasteiger partial charge in [0.15, 0.2) is 5.96 Å². The molecule has 118 valence electrons. The molecule has 0 aliphatic carbocycles. The summed E-state index contributed by atoms with van der Waals surface area (Å²) in [4.78, 5) is 6.47. The maximum atomic E-state index is 5.85. The van der Waals surface area contributed by atoms with Crippen LogP contribution in [-0.4, -0.2) is 39.8 Å². The van der Waals surface area contributed by atoms with E-state index in [1.165, 1.54) is 16.8 Å². The van der Waals surface area contributed by atoms with Gasteiger partial charge in [0, 0.05) is 39.5 Å². The van der Waals surface area contributed by atoms with E-state index in [1.54, 1.807) is 0 Å². The quantitative estimate of drug-likeness (QED) is 0.436. The zero-order valence-electron chi connectivity index (χ0n) is 13.6. The number of aliphatic imine (C=N–C) groups is 1. The zero-order valence-corrected chi connectivity index (χ0v) is 13.6. The van der Waals surface area contributed by atoms with E-state index >= 15 is 0 Å². The fourth-order valence-corrected chi connectivity index (χ4v) is 1.90. The van der Waals surface area contributed by atoms with Crippen LogP contribution in [0.15, 0.2) is 23.2 Å². The van der Waals surface area contributed by atoms with E-state index in [1.807, 2.05) is 21.0 Å². The van der Waals surface area contributed by atoms with E-state index in [4.69, 9.17) is 10.5 Å². The Balaban J connectivity index is 2.44. The third-order valence-electron chi connectivity index (χ3n) is 3.24. The van der Waals surface area contributed by atoms with Crippen LogP contribution in [-0.2, 0) is 11.3 Å². The first-order valence-corrected chi connectivity index (χ1v) is 7.43. The van der Waals surface area contributed by atoms with Gasteiger partial charge in [0.2, 0.25) is 0 Å². The van der Waals surface area contributed by atoms with E-state index in [9.17, 15) is 0 Å². The molecule has 0 aromatic heterocycles. The average molecular weight is 292 g/mol. The second-order valence-corrected chi connectivity index (χ2v) is 5.18. The Bertz CT molecular complexity index is 458. The third kappa shape index (κ3) is 6.49. The van der Waals surface area contributed by atoms with Crippen LogP contribution in [0, 0.1) is 6.92 Å². The minimum Gasteiger partial charge on any atom is -0.382 e. The molecule has 0 radical (unpaired) electrons. The molecule has 5 heteroatoms. The van der Waals surface area contributed by atoms with Crippen LogP contribution < -0.4 is 16.0 Å². The average Bonchev–Trinajstić information content (AvgIpc) is 2.45. The van der Waals surface area contributed by atoms with Gasteiger partial charge in [-0.25, -0.2) is 4.99 Å². The Morgan fingerprint density at radius 3 is 2.76 bits per heavy atom. The molecule has 0 amide bonds. The molecular weight excluding hydrogens is 264 g/mol. The number of anilines is 1. The summed E-state index contributed by atoms with van der Waals surface area (Å²) in [5, 5.41) is 3.10. The number of ether oxygens (including phenoxy) is 1. The lowest BCUT2D eigenvalue weighted by atomic mass is 10.1. The van der Waals surface area contributed by atoms with E-state index in [2.05, 4.69) is 40.3 Å². The molecule has 0 saturated carbocycles. The third-order valence-corrected chi connectivity index (χ3v) is 3.24. The van der Waals surface area contributed by atoms with E-state index < -0.39 is 0 Å². The second kappa shape index (κ2) is 9.23. The standard InChI is InChI=1S/C16H28N4O/c1-5-21-10-6-9-18-16(17)19-12-14-7-8-15(20(3)4)11-13(14)2/h7-8,11H,5-6,9-10,12H2,1-4H3,(H3,17,18,19). The van der Waals surface area contributed by atoms with Gasteiger partial charge >= 0.3 is 0 Å². The number of aryl methyl sites for hydroxylation is 1. The van der Waals surface area contributed by atoms with E-state index in [0.29, 0.717) is 12.5 Å². The maximum Gasteiger partial charge on any atom is 0.188 e. The van der Waals surface area contributed by atoms with Crippen molar-refractivity contribution in [1.29, 1.82) is 0 Å². The van der Waals surface area contributed by atoms with Crippen molar-refractivity contribution < 1.29 is 4.74 Å². The Morgan fingerprint density at radius 2 is 2.14 bits per heavy atom. The predicted octanol–water partition coefficient (Wildman–Crippen LogP) is 1.89. The molecule has 0 unspecified atom stereocenters. The Morgan fingerprint density at radius 1 is 1.38 bits per heavy atom. The maximum absolute atomic E-state index is 5.85. The van der Waals surface area contributed by atoms with Crippen molar-refractivity contribution in [2.75, 3.05) is 38.8 Å². The SMILES string of the molecule is CCOCCCNC(N)=NCc1ccc(N(C)C)cc1C. The first kappa shape index (κ1) is 17.3. The molecule has 0 spiro atoms. The minimum absolute atomic E-state index is 0.489. The van der Waals surface area contributed by atoms with Crippen molar-refractivity contribution in [2.45, 2.75) is 26.8 Å². The normalized spacial score (nSPS) is 11.5. The summed E-state index contributed by atoms with van der Waals surface area (Å²) in [6.45, 7) is 6.99. The number of nitrogens with zero attached hydrogens (tertiary/aromatic N) is 2. The largest absolute Gasteiger partial charge is 0.382 e. The summed E-state index contributed by atoms with van der Waals surface area (Å²) in [6, 6.07) is 6.37. The fourth-order valence-electron chi connectivity index (χ4n) is 1.90. The molecule has 21 heavy (non-hydrogen) atoms. The lowest BCUT2D eigenvalue weighted by molar-refractivity contribution is 0.145. The number of nitrogens with one attached hydrogen (secondary N) is 1. The van der Waals surface area contributed by atoms with Gasteiger partial charge in [0.1, 0.15) is 0 Å². The van der Waals surface area contributed by atoms with Gasteiger partial charge in [-0.05, 0) is 43.5 Å². The molecule has 1 aromatic rings. The van der Waals surface area contributed by atoms with Gasteiger partial charge in [-0.1, -0.05) is 6.07 Å². The van der Waals surface area contributed by atoms with Crippen LogP contribution in [0.4, 0.5) is 5.69 Å². The highest BCUT2D eigenvalue weighted by atomic mass is 16.5.